The van der Waals surface area contributed by atoms with Gasteiger partial charge in [-0.3, -0.25) is 9.48 Å². The fraction of sp³-hybridized carbons (Fsp3) is 0.273. The lowest BCUT2D eigenvalue weighted by molar-refractivity contribution is 0.0646. The number of carbonyl (C=O) groups is 1. The lowest BCUT2D eigenvalue weighted by atomic mass is 9.99. The van der Waals surface area contributed by atoms with Crippen molar-refractivity contribution in [2.45, 2.75) is 25.3 Å². The van der Waals surface area contributed by atoms with Crippen molar-refractivity contribution in [2.75, 3.05) is 6.54 Å². The molecule has 1 amide bonds. The van der Waals surface area contributed by atoms with Crippen molar-refractivity contribution in [1.29, 1.82) is 0 Å². The highest BCUT2D eigenvalue weighted by Crippen LogP contribution is 2.36. The number of hydrogen-bond acceptors (Lipinski definition) is 7. The van der Waals surface area contributed by atoms with Gasteiger partial charge in [-0.15, -0.1) is 10.2 Å². The van der Waals surface area contributed by atoms with E-state index in [0.29, 0.717) is 41.1 Å². The molecule has 0 bridgehead atoms. The number of hydrogen-bond donors (Lipinski definition) is 1. The lowest BCUT2D eigenvalue weighted by Gasteiger charge is -2.32. The molecule has 2 unspecified atom stereocenters. The standard InChI is InChI=1S/C22H21FN9O2P/c1-11-8-15(28-30(11)2)20-26-27-21(34-20)22(33)31-7-5-13-17(25-10-24-13)18(31)14-9-16-12(19(23)35)4-3-6-32(16)29-14/h3-4,6,8-10,18-19H,5,7,35H2,1-2H3,(H,24,25)/t18-,19?/m0/s1. The molecule has 0 aliphatic carbocycles. The Hall–Kier alpha value is -3.92. The van der Waals surface area contributed by atoms with E-state index in [2.05, 4.69) is 39.6 Å². The summed E-state index contributed by atoms with van der Waals surface area (Å²) in [5.74, 6) is -1.68. The molecular formula is C22H21FN9O2P. The molecule has 1 aliphatic rings. The van der Waals surface area contributed by atoms with Crippen molar-refractivity contribution in [3.63, 3.8) is 0 Å². The number of alkyl halides is 1. The summed E-state index contributed by atoms with van der Waals surface area (Å²) in [4.78, 5) is 22.8. The molecule has 1 N–H and O–H groups in total. The fourth-order valence-electron chi connectivity index (χ4n) is 4.42. The molecule has 0 aromatic carbocycles. The summed E-state index contributed by atoms with van der Waals surface area (Å²) in [5, 5.41) is 17.0. The van der Waals surface area contributed by atoms with Crippen LogP contribution in [0.15, 0.2) is 41.2 Å². The summed E-state index contributed by atoms with van der Waals surface area (Å²) in [7, 11) is 3.97. The summed E-state index contributed by atoms with van der Waals surface area (Å²) < 4.78 is 23.2. The maximum absolute atomic E-state index is 14.2. The Morgan fingerprint density at radius 3 is 2.94 bits per heavy atom. The van der Waals surface area contributed by atoms with E-state index in [1.807, 2.05) is 14.0 Å². The Bertz CT molecular complexity index is 1550. The average molecular weight is 493 g/mol. The zero-order valence-corrected chi connectivity index (χ0v) is 20.0. The number of aromatic nitrogens is 8. The summed E-state index contributed by atoms with van der Waals surface area (Å²) in [6, 6.07) is 6.43. The van der Waals surface area contributed by atoms with Crippen molar-refractivity contribution in [1.82, 2.24) is 44.5 Å². The van der Waals surface area contributed by atoms with Gasteiger partial charge in [-0.05, 0) is 25.1 Å². The minimum absolute atomic E-state index is 0.148. The third-order valence-corrected chi connectivity index (χ3v) is 6.62. The van der Waals surface area contributed by atoms with E-state index < -0.39 is 17.9 Å². The van der Waals surface area contributed by atoms with Crippen LogP contribution in [0.1, 0.15) is 51.0 Å². The maximum Gasteiger partial charge on any atom is 0.312 e. The molecule has 11 nitrogen and oxygen atoms in total. The minimum atomic E-state index is -1.25. The molecule has 3 atom stereocenters. The number of fused-ring (bicyclic) bond motifs is 2. The van der Waals surface area contributed by atoms with Crippen molar-refractivity contribution in [3.8, 4) is 11.6 Å². The van der Waals surface area contributed by atoms with Gasteiger partial charge in [0.15, 0.2) is 0 Å². The van der Waals surface area contributed by atoms with Crippen LogP contribution < -0.4 is 0 Å². The number of imidazole rings is 1. The second-order valence-corrected chi connectivity index (χ2v) is 8.97. The van der Waals surface area contributed by atoms with Crippen LogP contribution in [0.3, 0.4) is 0 Å². The van der Waals surface area contributed by atoms with Gasteiger partial charge in [0.05, 0.1) is 23.2 Å². The van der Waals surface area contributed by atoms with Gasteiger partial charge in [0, 0.05) is 43.2 Å². The molecule has 13 heteroatoms. The Kier molecular flexibility index (Phi) is 4.99. The highest BCUT2D eigenvalue weighted by Gasteiger charge is 2.38. The summed E-state index contributed by atoms with van der Waals surface area (Å²) in [6.45, 7) is 2.29. The number of nitrogens with one attached hydrogen (secondary N) is 1. The largest absolute Gasteiger partial charge is 0.411 e. The van der Waals surface area contributed by atoms with Crippen LogP contribution in [0.5, 0.6) is 0 Å². The predicted molar refractivity (Wildman–Crippen MR) is 125 cm³/mol. The topological polar surface area (TPSA) is 123 Å². The predicted octanol–water partition coefficient (Wildman–Crippen LogP) is 2.78. The van der Waals surface area contributed by atoms with Crippen LogP contribution in [0.25, 0.3) is 17.1 Å². The second-order valence-electron chi connectivity index (χ2n) is 8.39. The van der Waals surface area contributed by atoms with Crippen LogP contribution in [-0.4, -0.2) is 56.9 Å². The Morgan fingerprint density at radius 2 is 2.17 bits per heavy atom. The number of pyridine rings is 1. The normalized spacial score (nSPS) is 16.6. The number of H-pyrrole nitrogens is 1. The van der Waals surface area contributed by atoms with E-state index in [4.69, 9.17) is 4.42 Å². The Balaban J connectivity index is 1.41. The van der Waals surface area contributed by atoms with Gasteiger partial charge in [-0.2, -0.15) is 10.2 Å². The first kappa shape index (κ1) is 21.6. The zero-order valence-electron chi connectivity index (χ0n) is 18.9. The average Bonchev–Trinajstić information content (AvgIpc) is 3.63. The van der Waals surface area contributed by atoms with Gasteiger partial charge in [0.25, 0.3) is 5.89 Å². The monoisotopic (exact) mass is 493 g/mol. The molecule has 0 radical (unpaired) electrons. The lowest BCUT2D eigenvalue weighted by Crippen LogP contribution is -2.41. The van der Waals surface area contributed by atoms with Crippen LogP contribution in [0.2, 0.25) is 0 Å². The molecule has 6 heterocycles. The van der Waals surface area contributed by atoms with E-state index in [-0.39, 0.29) is 11.8 Å². The second kappa shape index (κ2) is 8.09. The van der Waals surface area contributed by atoms with Gasteiger partial charge in [0.1, 0.15) is 17.6 Å². The molecule has 35 heavy (non-hydrogen) atoms. The number of halogens is 1. The smallest absolute Gasteiger partial charge is 0.312 e. The van der Waals surface area contributed by atoms with E-state index in [9.17, 15) is 9.18 Å². The maximum atomic E-state index is 14.2. The van der Waals surface area contributed by atoms with Gasteiger partial charge in [-0.25, -0.2) is 13.9 Å². The van der Waals surface area contributed by atoms with Gasteiger partial charge in [-0.1, -0.05) is 15.3 Å². The Morgan fingerprint density at radius 1 is 1.31 bits per heavy atom. The highest BCUT2D eigenvalue weighted by molar-refractivity contribution is 7.16. The van der Waals surface area contributed by atoms with Crippen molar-refractivity contribution < 1.29 is 13.6 Å². The molecule has 0 saturated carbocycles. The van der Waals surface area contributed by atoms with Crippen LogP contribution in [-0.2, 0) is 13.5 Å². The summed E-state index contributed by atoms with van der Waals surface area (Å²) in [6.07, 6.45) is 3.92. The number of aryl methyl sites for hydroxylation is 2. The zero-order chi connectivity index (χ0) is 24.3. The first-order valence-electron chi connectivity index (χ1n) is 11.0. The molecular weight excluding hydrogens is 472 g/mol. The van der Waals surface area contributed by atoms with E-state index in [0.717, 1.165) is 11.4 Å². The van der Waals surface area contributed by atoms with Crippen molar-refractivity contribution in [3.05, 3.63) is 71.0 Å². The van der Waals surface area contributed by atoms with Crippen molar-refractivity contribution in [2.24, 2.45) is 7.05 Å². The van der Waals surface area contributed by atoms with E-state index >= 15 is 0 Å². The summed E-state index contributed by atoms with van der Waals surface area (Å²) >= 11 is 0. The third-order valence-electron chi connectivity index (χ3n) is 6.26. The molecule has 178 valence electrons. The quantitative estimate of drug-likeness (QED) is 0.382. The van der Waals surface area contributed by atoms with Gasteiger partial charge < -0.3 is 14.3 Å². The molecule has 0 saturated heterocycles. The van der Waals surface area contributed by atoms with Crippen LogP contribution in [0, 0.1) is 6.92 Å². The molecule has 0 spiro atoms. The number of carbonyl (C=O) groups excluding carboxylic acids is 1. The van der Waals surface area contributed by atoms with E-state index in [1.54, 1.807) is 50.9 Å². The number of nitrogens with zero attached hydrogens (tertiary/aromatic N) is 8. The number of aromatic amines is 1. The minimum Gasteiger partial charge on any atom is -0.411 e. The SMILES string of the molecule is Cc1cc(-c2nnc(C(=O)N3CCc4[nH]cnc4[C@@H]3c3cc4c(C(F)P)cccn4n3)o2)nn1C. The van der Waals surface area contributed by atoms with Crippen molar-refractivity contribution >= 4 is 20.7 Å². The van der Waals surface area contributed by atoms with Gasteiger partial charge in [0.2, 0.25) is 0 Å². The molecule has 6 rings (SSSR count). The first-order chi connectivity index (χ1) is 16.9. The first-order valence-corrected chi connectivity index (χ1v) is 11.6. The molecule has 1 aliphatic heterocycles. The Labute approximate surface area is 200 Å². The number of rotatable bonds is 4. The fourth-order valence-corrected chi connectivity index (χ4v) is 4.70. The third kappa shape index (κ3) is 3.52. The molecule has 5 aromatic rings. The number of amides is 1. The molecule has 5 aromatic heterocycles. The summed E-state index contributed by atoms with van der Waals surface area (Å²) in [5.41, 5.74) is 4.67. The van der Waals surface area contributed by atoms with Gasteiger partial charge >= 0.3 is 11.8 Å². The van der Waals surface area contributed by atoms with Crippen LogP contribution in [0.4, 0.5) is 4.39 Å². The van der Waals surface area contributed by atoms with E-state index in [1.165, 1.54) is 0 Å². The highest BCUT2D eigenvalue weighted by atomic mass is 31.0. The van der Waals surface area contributed by atoms with Crippen LogP contribution >= 0.6 is 9.24 Å². The molecule has 0 fully saturated rings.